The summed E-state index contributed by atoms with van der Waals surface area (Å²) in [7, 11) is 0. The van der Waals surface area contributed by atoms with Gasteiger partial charge < -0.3 is 30.2 Å². The third kappa shape index (κ3) is 5.25. The van der Waals surface area contributed by atoms with Crippen LogP contribution in [-0.2, 0) is 20.8 Å². The fraction of sp³-hybridized carbons (Fsp3) is 0.381. The molecule has 160 valence electrons. The highest BCUT2D eigenvalue weighted by Crippen LogP contribution is 2.21. The van der Waals surface area contributed by atoms with Crippen molar-refractivity contribution in [1.82, 2.24) is 10.2 Å². The first-order chi connectivity index (χ1) is 14.5. The van der Waals surface area contributed by atoms with Crippen LogP contribution in [0, 0.1) is 0 Å². The molecule has 1 aromatic heterocycles. The Kier molecular flexibility index (Phi) is 7.21. The highest BCUT2D eigenvalue weighted by Gasteiger charge is 2.40. The van der Waals surface area contributed by atoms with E-state index in [0.717, 1.165) is 0 Å². The monoisotopic (exact) mass is 415 g/mol. The van der Waals surface area contributed by atoms with Crippen molar-refractivity contribution in [1.29, 1.82) is 0 Å². The summed E-state index contributed by atoms with van der Waals surface area (Å²) in [5.74, 6) is -1.44. The van der Waals surface area contributed by atoms with Crippen LogP contribution in [0.25, 0.3) is 0 Å². The first kappa shape index (κ1) is 21.5. The van der Waals surface area contributed by atoms with Crippen LogP contribution in [0.1, 0.15) is 18.6 Å². The van der Waals surface area contributed by atoms with Crippen molar-refractivity contribution >= 4 is 23.4 Å². The van der Waals surface area contributed by atoms with Gasteiger partial charge in [-0.05, 0) is 37.1 Å². The Balaban J connectivity index is 1.53. The van der Waals surface area contributed by atoms with Crippen molar-refractivity contribution in [2.24, 2.45) is 0 Å². The molecule has 2 aromatic rings. The fourth-order valence-corrected chi connectivity index (χ4v) is 3.37. The normalized spacial score (nSPS) is 17.9. The number of nitrogens with zero attached hydrogens (tertiary/aromatic N) is 1. The molecule has 1 fully saturated rings. The van der Waals surface area contributed by atoms with Crippen molar-refractivity contribution in [3.05, 3.63) is 54.5 Å². The lowest BCUT2D eigenvalue weighted by atomic mass is 10.1. The molecule has 1 aliphatic heterocycles. The highest BCUT2D eigenvalue weighted by molar-refractivity contribution is 5.99. The maximum Gasteiger partial charge on any atom is 0.255 e. The first-order valence-electron chi connectivity index (χ1n) is 9.80. The van der Waals surface area contributed by atoms with Crippen LogP contribution in [-0.4, -0.2) is 64.2 Å². The van der Waals surface area contributed by atoms with E-state index in [-0.39, 0.29) is 19.0 Å². The van der Waals surface area contributed by atoms with Gasteiger partial charge in [0.2, 0.25) is 5.91 Å². The van der Waals surface area contributed by atoms with Crippen molar-refractivity contribution in [3.63, 3.8) is 0 Å². The second-order valence-electron chi connectivity index (χ2n) is 7.06. The average molecular weight is 415 g/mol. The van der Waals surface area contributed by atoms with Crippen molar-refractivity contribution in [2.75, 3.05) is 18.4 Å². The van der Waals surface area contributed by atoms with Gasteiger partial charge in [-0.15, -0.1) is 0 Å². The van der Waals surface area contributed by atoms with Gasteiger partial charge in [-0.2, -0.15) is 0 Å². The Morgan fingerprint density at radius 1 is 1.10 bits per heavy atom. The van der Waals surface area contributed by atoms with Crippen LogP contribution in [0.3, 0.4) is 0 Å². The van der Waals surface area contributed by atoms with Gasteiger partial charge in [-0.3, -0.25) is 14.4 Å². The Morgan fingerprint density at radius 2 is 1.87 bits per heavy atom. The lowest BCUT2D eigenvalue weighted by Crippen LogP contribution is -2.53. The number of furan rings is 1. The molecule has 0 aliphatic carbocycles. The molecule has 3 amide bonds. The molecule has 0 bridgehead atoms. The van der Waals surface area contributed by atoms with Gasteiger partial charge in [0.05, 0.1) is 6.26 Å². The number of rotatable bonds is 8. The lowest BCUT2D eigenvalue weighted by Gasteiger charge is -2.27. The summed E-state index contributed by atoms with van der Waals surface area (Å²) < 4.78 is 5.14. The molecule has 2 heterocycles. The van der Waals surface area contributed by atoms with Crippen molar-refractivity contribution < 1.29 is 29.0 Å². The summed E-state index contributed by atoms with van der Waals surface area (Å²) in [6, 6.07) is 11.5. The number of hydrogen-bond acceptors (Lipinski definition) is 6. The van der Waals surface area contributed by atoms with E-state index in [1.54, 1.807) is 36.4 Å². The average Bonchev–Trinajstić information content (AvgIpc) is 3.45. The molecule has 3 atom stereocenters. The summed E-state index contributed by atoms with van der Waals surface area (Å²) in [5.41, 5.74) is 0.596. The summed E-state index contributed by atoms with van der Waals surface area (Å²) in [6.07, 6.45) is -0.969. The van der Waals surface area contributed by atoms with E-state index in [4.69, 9.17) is 4.42 Å². The SMILES string of the molecule is O=C(Nc1ccccc1)[C@H]1CCCN1C(=O)[C@H](O)[C@@H](O)C(=O)NCCc1ccco1. The molecule has 1 aromatic carbocycles. The number of nitrogens with one attached hydrogen (secondary N) is 2. The zero-order valence-electron chi connectivity index (χ0n) is 16.4. The van der Waals surface area contributed by atoms with Crippen LogP contribution in [0.15, 0.2) is 53.1 Å². The standard InChI is InChI=1S/C21H25N3O6/c25-17(20(28)22-11-10-15-8-5-13-30-15)18(26)21(29)24-12-4-9-16(24)19(27)23-14-6-2-1-3-7-14/h1-3,5-8,13,16-18,25-26H,4,9-12H2,(H,22,28)(H,23,27)/t16-,17-,18-/m1/s1. The lowest BCUT2D eigenvalue weighted by molar-refractivity contribution is -0.154. The molecular weight excluding hydrogens is 390 g/mol. The van der Waals surface area contributed by atoms with Crippen LogP contribution < -0.4 is 10.6 Å². The number of para-hydroxylation sites is 1. The van der Waals surface area contributed by atoms with E-state index < -0.39 is 30.1 Å². The maximum absolute atomic E-state index is 12.7. The third-order valence-corrected chi connectivity index (χ3v) is 4.95. The van der Waals surface area contributed by atoms with Gasteiger partial charge in [0.15, 0.2) is 12.2 Å². The number of carbonyl (C=O) groups excluding carboxylic acids is 3. The van der Waals surface area contributed by atoms with E-state index in [9.17, 15) is 24.6 Å². The summed E-state index contributed by atoms with van der Waals surface area (Å²) in [4.78, 5) is 38.5. The minimum absolute atomic E-state index is 0.177. The predicted molar refractivity (Wildman–Crippen MR) is 107 cm³/mol. The Hall–Kier alpha value is -3.17. The van der Waals surface area contributed by atoms with Gasteiger partial charge >= 0.3 is 0 Å². The number of aliphatic hydroxyl groups is 2. The molecular formula is C21H25N3O6. The van der Waals surface area contributed by atoms with Crippen LogP contribution in [0.2, 0.25) is 0 Å². The summed E-state index contributed by atoms with van der Waals surface area (Å²) in [5, 5.41) is 25.5. The van der Waals surface area contributed by atoms with Gasteiger partial charge in [-0.1, -0.05) is 18.2 Å². The number of carbonyl (C=O) groups is 3. The van der Waals surface area contributed by atoms with Crippen LogP contribution >= 0.6 is 0 Å². The Labute approximate surface area is 173 Å². The molecule has 30 heavy (non-hydrogen) atoms. The highest BCUT2D eigenvalue weighted by atomic mass is 16.3. The zero-order chi connectivity index (χ0) is 21.5. The number of aliphatic hydroxyl groups excluding tert-OH is 2. The summed E-state index contributed by atoms with van der Waals surface area (Å²) in [6.45, 7) is 0.436. The van der Waals surface area contributed by atoms with Crippen LogP contribution in [0.4, 0.5) is 5.69 Å². The molecule has 1 saturated heterocycles. The van der Waals surface area contributed by atoms with Gasteiger partial charge in [0.1, 0.15) is 11.8 Å². The van der Waals surface area contributed by atoms with Crippen molar-refractivity contribution in [2.45, 2.75) is 37.5 Å². The number of anilines is 1. The molecule has 9 nitrogen and oxygen atoms in total. The smallest absolute Gasteiger partial charge is 0.255 e. The van der Waals surface area contributed by atoms with Gasteiger partial charge in [0.25, 0.3) is 11.8 Å². The quantitative estimate of drug-likeness (QED) is 0.490. The van der Waals surface area contributed by atoms with Gasteiger partial charge in [0, 0.05) is 25.2 Å². The maximum atomic E-state index is 12.7. The number of likely N-dealkylation sites (tertiary alicyclic amines) is 1. The summed E-state index contributed by atoms with van der Waals surface area (Å²) >= 11 is 0. The first-order valence-corrected chi connectivity index (χ1v) is 9.80. The fourth-order valence-electron chi connectivity index (χ4n) is 3.37. The van der Waals surface area contributed by atoms with E-state index in [2.05, 4.69) is 10.6 Å². The molecule has 0 spiro atoms. The molecule has 0 saturated carbocycles. The minimum atomic E-state index is -1.96. The Bertz CT molecular complexity index is 855. The second-order valence-corrected chi connectivity index (χ2v) is 7.06. The van der Waals surface area contributed by atoms with Crippen LogP contribution in [0.5, 0.6) is 0 Å². The zero-order valence-corrected chi connectivity index (χ0v) is 16.4. The number of hydrogen-bond donors (Lipinski definition) is 4. The molecule has 0 unspecified atom stereocenters. The third-order valence-electron chi connectivity index (χ3n) is 4.95. The van der Waals surface area contributed by atoms with E-state index in [1.165, 1.54) is 11.2 Å². The van der Waals surface area contributed by atoms with E-state index in [0.29, 0.717) is 30.7 Å². The molecule has 3 rings (SSSR count). The van der Waals surface area contributed by atoms with Gasteiger partial charge in [-0.25, -0.2) is 0 Å². The second kappa shape index (κ2) is 10.0. The molecule has 9 heteroatoms. The van der Waals surface area contributed by atoms with E-state index in [1.807, 2.05) is 6.07 Å². The molecule has 1 aliphatic rings. The molecule has 0 radical (unpaired) electrons. The van der Waals surface area contributed by atoms with E-state index >= 15 is 0 Å². The largest absolute Gasteiger partial charge is 0.469 e. The number of benzene rings is 1. The Morgan fingerprint density at radius 3 is 2.57 bits per heavy atom. The van der Waals surface area contributed by atoms with Crippen molar-refractivity contribution in [3.8, 4) is 0 Å². The minimum Gasteiger partial charge on any atom is -0.469 e. The topological polar surface area (TPSA) is 132 Å². The number of amides is 3. The predicted octanol–water partition coefficient (Wildman–Crippen LogP) is 0.290. The molecule has 4 N–H and O–H groups in total.